The van der Waals surface area contributed by atoms with E-state index in [1.807, 2.05) is 66.7 Å². The van der Waals surface area contributed by atoms with Crippen molar-refractivity contribution in [3.05, 3.63) is 108 Å². The third kappa shape index (κ3) is 4.70. The van der Waals surface area contributed by atoms with Gasteiger partial charge in [0.25, 0.3) is 11.8 Å². The quantitative estimate of drug-likeness (QED) is 0.387. The van der Waals surface area contributed by atoms with Crippen LogP contribution in [-0.4, -0.2) is 11.8 Å². The van der Waals surface area contributed by atoms with E-state index in [0.717, 1.165) is 16.5 Å². The first-order chi connectivity index (χ1) is 15.3. The van der Waals surface area contributed by atoms with Gasteiger partial charge in [-0.05, 0) is 52.8 Å². The molecule has 0 aliphatic carbocycles. The molecule has 4 aromatic carbocycles. The Balaban J connectivity index is 1.49. The van der Waals surface area contributed by atoms with Gasteiger partial charge in [-0.1, -0.05) is 75.4 Å². The first-order valence-electron chi connectivity index (χ1n) is 10.6. The average molecular weight is 423 g/mol. The molecular formula is C28H26N2O2. The topological polar surface area (TPSA) is 58.2 Å². The van der Waals surface area contributed by atoms with Gasteiger partial charge in [0.1, 0.15) is 0 Å². The van der Waals surface area contributed by atoms with E-state index in [4.69, 9.17) is 0 Å². The SMILES string of the molecule is CC(C)(C)c1ccc(C(=O)Nc2cccc(C(=O)Nc3cccc4ccccc34)c2)cc1. The molecule has 0 spiro atoms. The lowest BCUT2D eigenvalue weighted by atomic mass is 9.87. The Morgan fingerprint density at radius 1 is 0.656 bits per heavy atom. The molecule has 0 unspecified atom stereocenters. The molecule has 4 heteroatoms. The van der Waals surface area contributed by atoms with Gasteiger partial charge in [0.2, 0.25) is 0 Å². The number of hydrogen-bond acceptors (Lipinski definition) is 2. The number of anilines is 2. The summed E-state index contributed by atoms with van der Waals surface area (Å²) in [6.07, 6.45) is 0. The number of carbonyl (C=O) groups excluding carboxylic acids is 2. The van der Waals surface area contributed by atoms with Crippen LogP contribution >= 0.6 is 0 Å². The predicted molar refractivity (Wildman–Crippen MR) is 131 cm³/mol. The largest absolute Gasteiger partial charge is 0.322 e. The second kappa shape index (κ2) is 8.67. The van der Waals surface area contributed by atoms with Gasteiger partial charge in [-0.3, -0.25) is 9.59 Å². The molecule has 0 heterocycles. The average Bonchev–Trinajstić information content (AvgIpc) is 2.79. The maximum atomic E-state index is 12.9. The highest BCUT2D eigenvalue weighted by Crippen LogP contribution is 2.25. The normalized spacial score (nSPS) is 11.2. The Morgan fingerprint density at radius 2 is 1.31 bits per heavy atom. The molecule has 0 aliphatic heterocycles. The fourth-order valence-corrected chi connectivity index (χ4v) is 3.59. The molecule has 4 rings (SSSR count). The number of hydrogen-bond donors (Lipinski definition) is 2. The van der Waals surface area contributed by atoms with E-state index >= 15 is 0 Å². The van der Waals surface area contributed by atoms with Crippen LogP contribution in [0.5, 0.6) is 0 Å². The van der Waals surface area contributed by atoms with E-state index in [0.29, 0.717) is 16.8 Å². The molecule has 0 fully saturated rings. The lowest BCUT2D eigenvalue weighted by molar-refractivity contribution is 0.101. The summed E-state index contributed by atoms with van der Waals surface area (Å²) in [4.78, 5) is 25.6. The number of amides is 2. The van der Waals surface area contributed by atoms with Gasteiger partial charge < -0.3 is 10.6 Å². The van der Waals surface area contributed by atoms with Crippen molar-refractivity contribution in [3.63, 3.8) is 0 Å². The maximum Gasteiger partial charge on any atom is 0.255 e. The van der Waals surface area contributed by atoms with E-state index in [2.05, 4.69) is 31.4 Å². The summed E-state index contributed by atoms with van der Waals surface area (Å²) in [5.41, 5.74) is 3.56. The van der Waals surface area contributed by atoms with E-state index < -0.39 is 0 Å². The Hall–Kier alpha value is -3.92. The van der Waals surface area contributed by atoms with Crippen LogP contribution in [0.2, 0.25) is 0 Å². The van der Waals surface area contributed by atoms with Crippen molar-refractivity contribution >= 4 is 34.0 Å². The Morgan fingerprint density at radius 3 is 2.06 bits per heavy atom. The zero-order chi connectivity index (χ0) is 22.7. The molecule has 0 aliphatic rings. The minimum Gasteiger partial charge on any atom is -0.322 e. The smallest absolute Gasteiger partial charge is 0.255 e. The molecule has 0 bridgehead atoms. The summed E-state index contributed by atoms with van der Waals surface area (Å²) in [5.74, 6) is -0.441. The van der Waals surface area contributed by atoms with Gasteiger partial charge in [0.05, 0.1) is 0 Å². The number of carbonyl (C=O) groups is 2. The van der Waals surface area contributed by atoms with Crippen LogP contribution < -0.4 is 10.6 Å². The van der Waals surface area contributed by atoms with E-state index in [9.17, 15) is 9.59 Å². The zero-order valence-corrected chi connectivity index (χ0v) is 18.5. The Bertz CT molecular complexity index is 1280. The van der Waals surface area contributed by atoms with Gasteiger partial charge in [-0.25, -0.2) is 0 Å². The maximum absolute atomic E-state index is 12.9. The number of benzene rings is 4. The molecule has 0 aromatic heterocycles. The summed E-state index contributed by atoms with van der Waals surface area (Å²) >= 11 is 0. The first kappa shape index (κ1) is 21.3. The summed E-state index contributed by atoms with van der Waals surface area (Å²) < 4.78 is 0. The van der Waals surface area contributed by atoms with Gasteiger partial charge in [-0.2, -0.15) is 0 Å². The third-order valence-electron chi connectivity index (χ3n) is 5.43. The standard InChI is InChI=1S/C28H26N2O2/c1-28(2,3)22-16-14-20(15-17-22)26(31)29-23-11-6-10-21(18-23)27(32)30-25-13-7-9-19-8-4-5-12-24(19)25/h4-18H,1-3H3,(H,29,31)(H,30,32). The summed E-state index contributed by atoms with van der Waals surface area (Å²) in [6, 6.07) is 28.3. The van der Waals surface area contributed by atoms with Crippen molar-refractivity contribution in [3.8, 4) is 0 Å². The Labute approximate surface area is 188 Å². The Kier molecular flexibility index (Phi) is 5.78. The lowest BCUT2D eigenvalue weighted by Gasteiger charge is -2.19. The van der Waals surface area contributed by atoms with Gasteiger partial charge in [0, 0.05) is 27.9 Å². The second-order valence-electron chi connectivity index (χ2n) is 8.84. The fourth-order valence-electron chi connectivity index (χ4n) is 3.59. The highest BCUT2D eigenvalue weighted by atomic mass is 16.2. The van der Waals surface area contributed by atoms with E-state index in [1.54, 1.807) is 24.3 Å². The molecule has 0 atom stereocenters. The molecule has 0 saturated carbocycles. The van der Waals surface area contributed by atoms with Crippen LogP contribution in [0.3, 0.4) is 0 Å². The molecule has 4 aromatic rings. The minimum absolute atomic E-state index is 0.0285. The predicted octanol–water partition coefficient (Wildman–Crippen LogP) is 6.64. The van der Waals surface area contributed by atoms with Crippen LogP contribution in [0.15, 0.2) is 91.0 Å². The van der Waals surface area contributed by atoms with Gasteiger partial charge in [-0.15, -0.1) is 0 Å². The molecule has 4 nitrogen and oxygen atoms in total. The van der Waals surface area contributed by atoms with Crippen molar-refractivity contribution in [2.45, 2.75) is 26.2 Å². The van der Waals surface area contributed by atoms with Crippen LogP contribution in [0, 0.1) is 0 Å². The first-order valence-corrected chi connectivity index (χ1v) is 10.6. The van der Waals surface area contributed by atoms with Crippen LogP contribution in [0.1, 0.15) is 47.1 Å². The number of nitrogens with one attached hydrogen (secondary N) is 2. The highest BCUT2D eigenvalue weighted by Gasteiger charge is 2.15. The van der Waals surface area contributed by atoms with E-state index in [1.165, 1.54) is 5.56 Å². The molecule has 32 heavy (non-hydrogen) atoms. The fraction of sp³-hybridized carbons (Fsp3) is 0.143. The highest BCUT2D eigenvalue weighted by molar-refractivity contribution is 6.10. The molecule has 160 valence electrons. The van der Waals surface area contributed by atoms with Crippen molar-refractivity contribution in [1.82, 2.24) is 0 Å². The zero-order valence-electron chi connectivity index (χ0n) is 18.5. The van der Waals surface area contributed by atoms with Crippen molar-refractivity contribution in [2.75, 3.05) is 10.6 Å². The van der Waals surface area contributed by atoms with Crippen LogP contribution in [0.4, 0.5) is 11.4 Å². The number of rotatable bonds is 4. The third-order valence-corrected chi connectivity index (χ3v) is 5.43. The second-order valence-corrected chi connectivity index (χ2v) is 8.84. The monoisotopic (exact) mass is 422 g/mol. The minimum atomic E-state index is -0.230. The van der Waals surface area contributed by atoms with Gasteiger partial charge in [0.15, 0.2) is 0 Å². The van der Waals surface area contributed by atoms with E-state index in [-0.39, 0.29) is 17.2 Å². The van der Waals surface area contributed by atoms with Gasteiger partial charge >= 0.3 is 0 Å². The molecule has 2 amide bonds. The molecule has 2 N–H and O–H groups in total. The van der Waals surface area contributed by atoms with Crippen LogP contribution in [0.25, 0.3) is 10.8 Å². The molecular weight excluding hydrogens is 396 g/mol. The summed E-state index contributed by atoms with van der Waals surface area (Å²) in [6.45, 7) is 6.41. The lowest BCUT2D eigenvalue weighted by Crippen LogP contribution is -2.15. The van der Waals surface area contributed by atoms with Crippen molar-refractivity contribution in [1.29, 1.82) is 0 Å². The van der Waals surface area contributed by atoms with Crippen molar-refractivity contribution < 1.29 is 9.59 Å². The number of fused-ring (bicyclic) bond motifs is 1. The summed E-state index contributed by atoms with van der Waals surface area (Å²) in [7, 11) is 0. The van der Waals surface area contributed by atoms with Crippen LogP contribution in [-0.2, 0) is 5.41 Å². The summed E-state index contributed by atoms with van der Waals surface area (Å²) in [5, 5.41) is 7.91. The molecule has 0 radical (unpaired) electrons. The molecule has 0 saturated heterocycles. The van der Waals surface area contributed by atoms with Crippen molar-refractivity contribution in [2.24, 2.45) is 0 Å².